The monoisotopic (exact) mass is 302 g/mol. The molecular formula is C14H26N2O5. The number of carbonyl (C=O) groups excluding carboxylic acids is 1. The highest BCUT2D eigenvalue weighted by Gasteiger charge is 2.26. The Labute approximate surface area is 125 Å². The van der Waals surface area contributed by atoms with E-state index in [4.69, 9.17) is 14.9 Å². The van der Waals surface area contributed by atoms with Gasteiger partial charge in [0.05, 0.1) is 25.7 Å². The Hall–Kier alpha value is -1.34. The molecule has 1 saturated carbocycles. The van der Waals surface area contributed by atoms with E-state index in [2.05, 4.69) is 0 Å². The van der Waals surface area contributed by atoms with Crippen LogP contribution in [0.25, 0.3) is 0 Å². The van der Waals surface area contributed by atoms with Crippen LogP contribution in [0.2, 0.25) is 0 Å². The van der Waals surface area contributed by atoms with E-state index in [1.807, 2.05) is 0 Å². The second-order valence-electron chi connectivity index (χ2n) is 5.48. The highest BCUT2D eigenvalue weighted by Crippen LogP contribution is 2.24. The lowest BCUT2D eigenvalue weighted by atomic mass is 9.92. The standard InChI is InChI=1S/C14H26N2O5/c1-15(8-9-17)13(18)7-10-21-12-5-3-11(4-6-12)16(2)14(19)20/h11-12,17H,3-10H2,1-2H3,(H,19,20). The third-order valence-electron chi connectivity index (χ3n) is 4.02. The number of likely N-dealkylation sites (N-methyl/N-ethyl adjacent to an activating group) is 1. The normalized spacial score (nSPS) is 21.9. The predicted molar refractivity (Wildman–Crippen MR) is 77.1 cm³/mol. The molecule has 7 nitrogen and oxygen atoms in total. The van der Waals surface area contributed by atoms with Crippen molar-refractivity contribution in [2.45, 2.75) is 44.2 Å². The molecule has 1 aliphatic rings. The third-order valence-corrected chi connectivity index (χ3v) is 4.02. The minimum Gasteiger partial charge on any atom is -0.465 e. The van der Waals surface area contributed by atoms with E-state index >= 15 is 0 Å². The van der Waals surface area contributed by atoms with E-state index < -0.39 is 6.09 Å². The molecule has 21 heavy (non-hydrogen) atoms. The lowest BCUT2D eigenvalue weighted by Crippen LogP contribution is -2.40. The number of carboxylic acid groups (broad SMARTS) is 1. The van der Waals surface area contributed by atoms with E-state index in [1.54, 1.807) is 14.1 Å². The number of carbonyl (C=O) groups is 2. The third kappa shape index (κ3) is 5.89. The molecule has 2 N–H and O–H groups in total. The first kappa shape index (κ1) is 17.7. The van der Waals surface area contributed by atoms with Crippen molar-refractivity contribution in [3.8, 4) is 0 Å². The molecule has 0 radical (unpaired) electrons. The van der Waals surface area contributed by atoms with Gasteiger partial charge in [-0.1, -0.05) is 0 Å². The van der Waals surface area contributed by atoms with Crippen LogP contribution >= 0.6 is 0 Å². The Morgan fingerprint density at radius 2 is 1.81 bits per heavy atom. The average Bonchev–Trinajstić information content (AvgIpc) is 2.47. The molecule has 7 heteroatoms. The number of aliphatic hydroxyl groups is 1. The highest BCUT2D eigenvalue weighted by atomic mass is 16.5. The lowest BCUT2D eigenvalue weighted by Gasteiger charge is -2.33. The largest absolute Gasteiger partial charge is 0.465 e. The Balaban J connectivity index is 2.19. The van der Waals surface area contributed by atoms with Crippen LogP contribution in [-0.4, -0.2) is 78.0 Å². The summed E-state index contributed by atoms with van der Waals surface area (Å²) in [5, 5.41) is 17.7. The van der Waals surface area contributed by atoms with Gasteiger partial charge in [-0.15, -0.1) is 0 Å². The van der Waals surface area contributed by atoms with Crippen LogP contribution in [0.3, 0.4) is 0 Å². The molecule has 0 aromatic rings. The maximum atomic E-state index is 11.7. The summed E-state index contributed by atoms with van der Waals surface area (Å²) in [6.45, 7) is 0.675. The zero-order chi connectivity index (χ0) is 15.8. The molecule has 0 aliphatic heterocycles. The van der Waals surface area contributed by atoms with Crippen molar-refractivity contribution < 1.29 is 24.5 Å². The van der Waals surface area contributed by atoms with Gasteiger partial charge in [-0.2, -0.15) is 0 Å². The van der Waals surface area contributed by atoms with Gasteiger partial charge in [-0.25, -0.2) is 4.79 Å². The number of nitrogens with zero attached hydrogens (tertiary/aromatic N) is 2. The van der Waals surface area contributed by atoms with Crippen molar-refractivity contribution in [2.24, 2.45) is 0 Å². The summed E-state index contributed by atoms with van der Waals surface area (Å²) in [5.41, 5.74) is 0. The van der Waals surface area contributed by atoms with Crippen LogP contribution in [0.5, 0.6) is 0 Å². The first-order valence-electron chi connectivity index (χ1n) is 7.38. The van der Waals surface area contributed by atoms with E-state index in [1.165, 1.54) is 9.80 Å². The molecule has 2 amide bonds. The number of rotatable bonds is 7. The van der Waals surface area contributed by atoms with Crippen LogP contribution in [0.4, 0.5) is 4.79 Å². The number of ether oxygens (including phenoxy) is 1. The fraction of sp³-hybridized carbons (Fsp3) is 0.857. The van der Waals surface area contributed by atoms with Gasteiger partial charge < -0.3 is 24.7 Å². The van der Waals surface area contributed by atoms with Gasteiger partial charge in [0.2, 0.25) is 5.91 Å². The molecule has 1 fully saturated rings. The summed E-state index contributed by atoms with van der Waals surface area (Å²) < 4.78 is 5.69. The molecule has 1 aliphatic carbocycles. The maximum absolute atomic E-state index is 11.7. The Morgan fingerprint density at radius 3 is 2.33 bits per heavy atom. The SMILES string of the molecule is CN(CCO)C(=O)CCOC1CCC(N(C)C(=O)O)CC1. The molecule has 0 aromatic heterocycles. The number of hydrogen-bond acceptors (Lipinski definition) is 4. The van der Waals surface area contributed by atoms with E-state index in [-0.39, 0.29) is 24.7 Å². The molecule has 0 spiro atoms. The van der Waals surface area contributed by atoms with Crippen molar-refractivity contribution in [2.75, 3.05) is 33.9 Å². The zero-order valence-corrected chi connectivity index (χ0v) is 12.8. The number of amides is 2. The predicted octanol–water partition coefficient (Wildman–Crippen LogP) is 0.765. The average molecular weight is 302 g/mol. The van der Waals surface area contributed by atoms with Gasteiger partial charge >= 0.3 is 6.09 Å². The minimum atomic E-state index is -0.892. The topological polar surface area (TPSA) is 90.3 Å². The Bertz CT molecular complexity index is 342. The second-order valence-corrected chi connectivity index (χ2v) is 5.48. The summed E-state index contributed by atoms with van der Waals surface area (Å²) >= 11 is 0. The van der Waals surface area contributed by atoms with Crippen LogP contribution in [-0.2, 0) is 9.53 Å². The van der Waals surface area contributed by atoms with Gasteiger partial charge in [-0.3, -0.25) is 4.79 Å². The Morgan fingerprint density at radius 1 is 1.19 bits per heavy atom. The zero-order valence-electron chi connectivity index (χ0n) is 12.8. The van der Waals surface area contributed by atoms with Gasteiger partial charge in [0, 0.05) is 26.7 Å². The van der Waals surface area contributed by atoms with Crippen LogP contribution in [0.15, 0.2) is 0 Å². The summed E-state index contributed by atoms with van der Waals surface area (Å²) in [7, 11) is 3.26. The Kier molecular flexibility index (Phi) is 7.45. The lowest BCUT2D eigenvalue weighted by molar-refractivity contribution is -0.132. The first-order chi connectivity index (χ1) is 9.95. The number of hydrogen-bond donors (Lipinski definition) is 2. The summed E-state index contributed by atoms with van der Waals surface area (Å²) in [6, 6.07) is 0.0691. The van der Waals surface area contributed by atoms with Crippen molar-refractivity contribution >= 4 is 12.0 Å². The van der Waals surface area contributed by atoms with E-state index in [0.29, 0.717) is 19.6 Å². The quantitative estimate of drug-likeness (QED) is 0.725. The van der Waals surface area contributed by atoms with Crippen molar-refractivity contribution in [3.05, 3.63) is 0 Å². The van der Waals surface area contributed by atoms with Crippen LogP contribution in [0.1, 0.15) is 32.1 Å². The van der Waals surface area contributed by atoms with Gasteiger partial charge in [-0.05, 0) is 25.7 Å². The summed E-state index contributed by atoms with van der Waals surface area (Å²) in [6.07, 6.45) is 2.77. The van der Waals surface area contributed by atoms with E-state index in [9.17, 15) is 9.59 Å². The van der Waals surface area contributed by atoms with Crippen LogP contribution < -0.4 is 0 Å². The summed E-state index contributed by atoms with van der Waals surface area (Å²) in [4.78, 5) is 25.4. The summed E-state index contributed by atoms with van der Waals surface area (Å²) in [5.74, 6) is -0.0386. The first-order valence-corrected chi connectivity index (χ1v) is 7.38. The molecular weight excluding hydrogens is 276 g/mol. The maximum Gasteiger partial charge on any atom is 0.407 e. The van der Waals surface area contributed by atoms with Gasteiger partial charge in [0.25, 0.3) is 0 Å². The van der Waals surface area contributed by atoms with Crippen LogP contribution in [0, 0.1) is 0 Å². The van der Waals surface area contributed by atoms with Crippen molar-refractivity contribution in [1.82, 2.24) is 9.80 Å². The minimum absolute atomic E-state index is 0.0375. The molecule has 0 saturated heterocycles. The molecule has 0 unspecified atom stereocenters. The molecule has 0 bridgehead atoms. The van der Waals surface area contributed by atoms with Crippen molar-refractivity contribution in [1.29, 1.82) is 0 Å². The molecule has 0 aromatic carbocycles. The number of aliphatic hydroxyl groups excluding tert-OH is 1. The van der Waals surface area contributed by atoms with Crippen molar-refractivity contribution in [3.63, 3.8) is 0 Å². The van der Waals surface area contributed by atoms with E-state index in [0.717, 1.165) is 25.7 Å². The fourth-order valence-electron chi connectivity index (χ4n) is 2.53. The smallest absolute Gasteiger partial charge is 0.407 e. The molecule has 122 valence electrons. The van der Waals surface area contributed by atoms with Gasteiger partial charge in [0.1, 0.15) is 0 Å². The van der Waals surface area contributed by atoms with Gasteiger partial charge in [0.15, 0.2) is 0 Å². The molecule has 0 heterocycles. The highest BCUT2D eigenvalue weighted by molar-refractivity contribution is 5.75. The molecule has 0 atom stereocenters. The second kappa shape index (κ2) is 8.84. The fourth-order valence-corrected chi connectivity index (χ4v) is 2.53. The molecule has 1 rings (SSSR count).